The summed E-state index contributed by atoms with van der Waals surface area (Å²) in [6.45, 7) is 4.90. The molecule has 2 saturated heterocycles. The number of piperidine rings is 1. The van der Waals surface area contributed by atoms with Crippen LogP contribution in [0, 0.1) is 0 Å². The fourth-order valence-corrected chi connectivity index (χ4v) is 3.51. The average molecular weight is 384 g/mol. The highest BCUT2D eigenvalue weighted by Gasteiger charge is 2.41. The van der Waals surface area contributed by atoms with E-state index >= 15 is 0 Å². The second kappa shape index (κ2) is 8.12. The Morgan fingerprint density at radius 3 is 2.71 bits per heavy atom. The molecule has 0 aliphatic carbocycles. The lowest BCUT2D eigenvalue weighted by molar-refractivity contribution is -0.181. The summed E-state index contributed by atoms with van der Waals surface area (Å²) in [5.41, 5.74) is 1.11. The fraction of sp³-hybridized carbons (Fsp3) is 0.450. The summed E-state index contributed by atoms with van der Waals surface area (Å²) in [5, 5.41) is 3.14. The Bertz CT molecular complexity index is 828. The Morgan fingerprint density at radius 2 is 1.96 bits per heavy atom. The first-order valence-corrected chi connectivity index (χ1v) is 9.58. The zero-order valence-corrected chi connectivity index (χ0v) is 15.9. The molecule has 0 unspecified atom stereocenters. The zero-order valence-electron chi connectivity index (χ0n) is 15.9. The fourth-order valence-electron chi connectivity index (χ4n) is 3.51. The maximum Gasteiger partial charge on any atom is 0.272 e. The van der Waals surface area contributed by atoms with E-state index in [0.717, 1.165) is 5.69 Å². The van der Waals surface area contributed by atoms with Gasteiger partial charge in [0.25, 0.3) is 5.91 Å². The van der Waals surface area contributed by atoms with Crippen molar-refractivity contribution in [3.8, 4) is 5.75 Å². The Labute approximate surface area is 163 Å². The number of benzene rings is 1. The first-order chi connectivity index (χ1) is 13.7. The molecule has 2 aromatic rings. The number of ether oxygens (including phenoxy) is 3. The number of carbonyl (C=O) groups excluding carboxylic acids is 1. The number of rotatable bonds is 5. The highest BCUT2D eigenvalue weighted by Crippen LogP contribution is 2.31. The standard InChI is InChI=1S/C20H24N4O4/c1-2-26-17-6-4-3-5-15(17)22-19-21-10-7-16(23-19)18(25)24-11-8-20(9-12-24)27-13-14-28-20/h3-7,10H,2,8-9,11-14H2,1H3,(H,21,22,23). The third kappa shape index (κ3) is 3.93. The first-order valence-electron chi connectivity index (χ1n) is 9.58. The Hall–Kier alpha value is -2.71. The van der Waals surface area contributed by atoms with Gasteiger partial charge in [-0.3, -0.25) is 4.79 Å². The number of aromatic nitrogens is 2. The lowest BCUT2D eigenvalue weighted by atomic mass is 10.0. The molecule has 0 atom stereocenters. The van der Waals surface area contributed by atoms with Crippen LogP contribution < -0.4 is 10.1 Å². The van der Waals surface area contributed by atoms with Crippen LogP contribution in [0.4, 0.5) is 11.6 Å². The summed E-state index contributed by atoms with van der Waals surface area (Å²) < 4.78 is 17.1. The molecule has 2 aliphatic rings. The monoisotopic (exact) mass is 384 g/mol. The van der Waals surface area contributed by atoms with Gasteiger partial charge in [0.05, 0.1) is 25.5 Å². The van der Waals surface area contributed by atoms with Crippen molar-refractivity contribution in [3.05, 3.63) is 42.2 Å². The lowest BCUT2D eigenvalue weighted by Crippen LogP contribution is -2.47. The van der Waals surface area contributed by atoms with Gasteiger partial charge in [-0.2, -0.15) is 0 Å². The molecule has 3 heterocycles. The van der Waals surface area contributed by atoms with Gasteiger partial charge in [-0.05, 0) is 25.1 Å². The van der Waals surface area contributed by atoms with Crippen molar-refractivity contribution in [1.82, 2.24) is 14.9 Å². The number of anilines is 2. The Kier molecular flexibility index (Phi) is 5.40. The second-order valence-corrected chi connectivity index (χ2v) is 6.72. The molecule has 1 amide bonds. The van der Waals surface area contributed by atoms with Crippen molar-refractivity contribution in [2.24, 2.45) is 0 Å². The van der Waals surface area contributed by atoms with Crippen molar-refractivity contribution in [2.45, 2.75) is 25.6 Å². The van der Waals surface area contributed by atoms with Gasteiger partial charge in [-0.15, -0.1) is 0 Å². The summed E-state index contributed by atoms with van der Waals surface area (Å²) in [5.74, 6) is 0.451. The summed E-state index contributed by atoms with van der Waals surface area (Å²) in [4.78, 5) is 23.3. The number of nitrogens with one attached hydrogen (secondary N) is 1. The molecule has 8 heteroatoms. The van der Waals surface area contributed by atoms with E-state index in [2.05, 4.69) is 15.3 Å². The minimum absolute atomic E-state index is 0.114. The predicted molar refractivity (Wildman–Crippen MR) is 103 cm³/mol. The normalized spacial score (nSPS) is 18.2. The van der Waals surface area contributed by atoms with Crippen LogP contribution in [-0.2, 0) is 9.47 Å². The van der Waals surface area contributed by atoms with Crippen molar-refractivity contribution in [3.63, 3.8) is 0 Å². The first kappa shape index (κ1) is 18.6. The van der Waals surface area contributed by atoms with Gasteiger partial charge in [0.1, 0.15) is 11.4 Å². The van der Waals surface area contributed by atoms with Gasteiger partial charge in [0.15, 0.2) is 5.79 Å². The zero-order chi connectivity index (χ0) is 19.4. The minimum Gasteiger partial charge on any atom is -0.492 e. The average Bonchev–Trinajstić information content (AvgIpc) is 3.18. The van der Waals surface area contributed by atoms with E-state index in [1.807, 2.05) is 31.2 Å². The second-order valence-electron chi connectivity index (χ2n) is 6.72. The molecule has 2 aliphatic heterocycles. The quantitative estimate of drug-likeness (QED) is 0.848. The van der Waals surface area contributed by atoms with Crippen molar-refractivity contribution < 1.29 is 19.0 Å². The van der Waals surface area contributed by atoms with Crippen LogP contribution in [0.3, 0.4) is 0 Å². The molecule has 1 spiro atoms. The number of carbonyl (C=O) groups is 1. The Morgan fingerprint density at radius 1 is 1.21 bits per heavy atom. The van der Waals surface area contributed by atoms with Crippen LogP contribution in [-0.4, -0.2) is 59.5 Å². The topological polar surface area (TPSA) is 85.8 Å². The van der Waals surface area contributed by atoms with E-state index in [0.29, 0.717) is 63.1 Å². The van der Waals surface area contributed by atoms with E-state index in [1.54, 1.807) is 17.2 Å². The molecule has 148 valence electrons. The molecule has 0 radical (unpaired) electrons. The van der Waals surface area contributed by atoms with Crippen molar-refractivity contribution >= 4 is 17.5 Å². The van der Waals surface area contributed by atoms with E-state index < -0.39 is 5.79 Å². The summed E-state index contributed by atoms with van der Waals surface area (Å²) in [6, 6.07) is 9.19. The maximum atomic E-state index is 12.9. The summed E-state index contributed by atoms with van der Waals surface area (Å²) in [6.07, 6.45) is 2.94. The van der Waals surface area contributed by atoms with E-state index in [9.17, 15) is 4.79 Å². The molecule has 4 rings (SSSR count). The molecule has 0 saturated carbocycles. The van der Waals surface area contributed by atoms with E-state index in [4.69, 9.17) is 14.2 Å². The smallest absolute Gasteiger partial charge is 0.272 e. The number of hydrogen-bond acceptors (Lipinski definition) is 7. The van der Waals surface area contributed by atoms with E-state index in [-0.39, 0.29) is 5.91 Å². The SMILES string of the molecule is CCOc1ccccc1Nc1nccc(C(=O)N2CCC3(CC2)OCCO3)n1. The van der Waals surface area contributed by atoms with Crippen molar-refractivity contribution in [1.29, 1.82) is 0 Å². The number of para-hydroxylation sites is 2. The van der Waals surface area contributed by atoms with E-state index in [1.165, 1.54) is 0 Å². The van der Waals surface area contributed by atoms with Gasteiger partial charge >= 0.3 is 0 Å². The van der Waals surface area contributed by atoms with Gasteiger partial charge < -0.3 is 24.4 Å². The third-order valence-corrected chi connectivity index (χ3v) is 4.93. The van der Waals surface area contributed by atoms with Gasteiger partial charge in [-0.25, -0.2) is 9.97 Å². The molecule has 1 N–H and O–H groups in total. The van der Waals surface area contributed by atoms with Gasteiger partial charge in [-0.1, -0.05) is 12.1 Å². The molecule has 1 aromatic carbocycles. The largest absolute Gasteiger partial charge is 0.492 e. The summed E-state index contributed by atoms with van der Waals surface area (Å²) in [7, 11) is 0. The maximum absolute atomic E-state index is 12.9. The molecular formula is C20H24N4O4. The number of likely N-dealkylation sites (tertiary alicyclic amines) is 1. The number of amides is 1. The van der Waals surface area contributed by atoms with Crippen LogP contribution in [0.15, 0.2) is 36.5 Å². The Balaban J connectivity index is 1.44. The molecule has 28 heavy (non-hydrogen) atoms. The van der Waals surface area contributed by atoms with Crippen LogP contribution in [0.5, 0.6) is 5.75 Å². The van der Waals surface area contributed by atoms with Crippen LogP contribution in [0.2, 0.25) is 0 Å². The summed E-state index contributed by atoms with van der Waals surface area (Å²) >= 11 is 0. The molecule has 2 fully saturated rings. The van der Waals surface area contributed by atoms with Gasteiger partial charge in [0, 0.05) is 32.1 Å². The van der Waals surface area contributed by atoms with Crippen LogP contribution in [0.1, 0.15) is 30.3 Å². The predicted octanol–water partition coefficient (Wildman–Crippen LogP) is 2.60. The number of hydrogen-bond donors (Lipinski definition) is 1. The lowest BCUT2D eigenvalue weighted by Gasteiger charge is -2.37. The molecule has 8 nitrogen and oxygen atoms in total. The molecule has 1 aromatic heterocycles. The van der Waals surface area contributed by atoms with Crippen LogP contribution in [0.25, 0.3) is 0 Å². The highest BCUT2D eigenvalue weighted by atomic mass is 16.7. The highest BCUT2D eigenvalue weighted by molar-refractivity contribution is 5.92. The molecule has 0 bridgehead atoms. The molecular weight excluding hydrogens is 360 g/mol. The third-order valence-electron chi connectivity index (χ3n) is 4.93. The van der Waals surface area contributed by atoms with Crippen molar-refractivity contribution in [2.75, 3.05) is 38.2 Å². The number of nitrogens with zero attached hydrogens (tertiary/aromatic N) is 3. The minimum atomic E-state index is -0.502. The van der Waals surface area contributed by atoms with Crippen LogP contribution >= 0.6 is 0 Å². The van der Waals surface area contributed by atoms with Gasteiger partial charge in [0.2, 0.25) is 5.95 Å².